The number of hydrogen-bond acceptors (Lipinski definition) is 3. The van der Waals surface area contributed by atoms with Gasteiger partial charge < -0.3 is 15.1 Å². The molecule has 0 bridgehead atoms. The molecule has 3 nitrogen and oxygen atoms in total. The maximum Gasteiger partial charge on any atom is 0.00964 e. The number of likely N-dealkylation sites (tertiary alicyclic amines) is 2. The van der Waals surface area contributed by atoms with Crippen molar-refractivity contribution < 1.29 is 0 Å². The van der Waals surface area contributed by atoms with Crippen LogP contribution in [-0.2, 0) is 0 Å². The minimum atomic E-state index is 0.786. The first kappa shape index (κ1) is 13.8. The fourth-order valence-corrected chi connectivity index (χ4v) is 3.84. The molecule has 1 saturated carbocycles. The number of rotatable bonds is 4. The van der Waals surface area contributed by atoms with Gasteiger partial charge in [0.2, 0.25) is 0 Å². The van der Waals surface area contributed by atoms with Crippen LogP contribution in [0.5, 0.6) is 0 Å². The van der Waals surface area contributed by atoms with E-state index in [9.17, 15) is 0 Å². The second-order valence-corrected chi connectivity index (χ2v) is 6.77. The topological polar surface area (TPSA) is 18.5 Å². The molecule has 2 heterocycles. The SMILES string of the molecule is CCN1CCCC(NC2CCN(C3CC3)CC2)CC1. The maximum atomic E-state index is 3.97. The Morgan fingerprint density at radius 3 is 2.21 bits per heavy atom. The molecule has 0 aromatic carbocycles. The molecule has 0 aromatic heterocycles. The van der Waals surface area contributed by atoms with E-state index in [0.717, 1.165) is 18.1 Å². The summed E-state index contributed by atoms with van der Waals surface area (Å²) in [7, 11) is 0. The van der Waals surface area contributed by atoms with E-state index >= 15 is 0 Å². The Labute approximate surface area is 118 Å². The highest BCUT2D eigenvalue weighted by atomic mass is 15.2. The van der Waals surface area contributed by atoms with Crippen LogP contribution in [0.15, 0.2) is 0 Å². The van der Waals surface area contributed by atoms with Gasteiger partial charge in [0.1, 0.15) is 0 Å². The van der Waals surface area contributed by atoms with Gasteiger partial charge in [0.25, 0.3) is 0 Å². The lowest BCUT2D eigenvalue weighted by molar-refractivity contribution is 0.180. The van der Waals surface area contributed by atoms with E-state index < -0.39 is 0 Å². The van der Waals surface area contributed by atoms with Gasteiger partial charge in [0.15, 0.2) is 0 Å². The van der Waals surface area contributed by atoms with Crippen LogP contribution in [0.4, 0.5) is 0 Å². The average molecular weight is 265 g/mol. The second kappa shape index (κ2) is 6.55. The summed E-state index contributed by atoms with van der Waals surface area (Å²) in [5.41, 5.74) is 0. The summed E-state index contributed by atoms with van der Waals surface area (Å²) in [5.74, 6) is 0. The van der Waals surface area contributed by atoms with E-state index in [1.807, 2.05) is 0 Å². The zero-order chi connectivity index (χ0) is 13.1. The zero-order valence-corrected chi connectivity index (χ0v) is 12.6. The van der Waals surface area contributed by atoms with Gasteiger partial charge in [0, 0.05) is 18.1 Å². The van der Waals surface area contributed by atoms with Crippen LogP contribution in [-0.4, -0.2) is 60.6 Å². The number of hydrogen-bond donors (Lipinski definition) is 1. The Hall–Kier alpha value is -0.120. The van der Waals surface area contributed by atoms with Gasteiger partial charge in [-0.15, -0.1) is 0 Å². The largest absolute Gasteiger partial charge is 0.311 e. The molecule has 3 fully saturated rings. The predicted molar refractivity (Wildman–Crippen MR) is 80.5 cm³/mol. The summed E-state index contributed by atoms with van der Waals surface area (Å²) >= 11 is 0. The molecular weight excluding hydrogens is 234 g/mol. The third kappa shape index (κ3) is 3.93. The predicted octanol–water partition coefficient (Wildman–Crippen LogP) is 2.08. The summed E-state index contributed by atoms with van der Waals surface area (Å²) in [6, 6.07) is 2.55. The van der Waals surface area contributed by atoms with Crippen LogP contribution < -0.4 is 5.32 Å². The molecule has 0 amide bonds. The lowest BCUT2D eigenvalue weighted by atomic mass is 10.0. The molecule has 1 aliphatic carbocycles. The van der Waals surface area contributed by atoms with E-state index in [-0.39, 0.29) is 0 Å². The van der Waals surface area contributed by atoms with Crippen molar-refractivity contribution >= 4 is 0 Å². The van der Waals surface area contributed by atoms with Crippen LogP contribution in [0, 0.1) is 0 Å². The van der Waals surface area contributed by atoms with E-state index in [1.165, 1.54) is 77.7 Å². The molecule has 1 atom stereocenters. The van der Waals surface area contributed by atoms with Crippen LogP contribution in [0.2, 0.25) is 0 Å². The highest BCUT2D eigenvalue weighted by Crippen LogP contribution is 2.29. The Morgan fingerprint density at radius 2 is 1.53 bits per heavy atom. The highest BCUT2D eigenvalue weighted by Gasteiger charge is 2.32. The van der Waals surface area contributed by atoms with Gasteiger partial charge >= 0.3 is 0 Å². The molecule has 19 heavy (non-hydrogen) atoms. The number of nitrogens with zero attached hydrogens (tertiary/aromatic N) is 2. The molecule has 2 aliphatic heterocycles. The van der Waals surface area contributed by atoms with E-state index in [0.29, 0.717) is 0 Å². The summed E-state index contributed by atoms with van der Waals surface area (Å²) in [6.45, 7) is 8.82. The van der Waals surface area contributed by atoms with Gasteiger partial charge in [-0.05, 0) is 77.7 Å². The Morgan fingerprint density at radius 1 is 0.842 bits per heavy atom. The highest BCUT2D eigenvalue weighted by molar-refractivity contribution is 4.90. The second-order valence-electron chi connectivity index (χ2n) is 6.77. The zero-order valence-electron chi connectivity index (χ0n) is 12.6. The molecule has 1 N–H and O–H groups in total. The average Bonchev–Trinajstić information content (AvgIpc) is 3.27. The minimum absolute atomic E-state index is 0.786. The standard InChI is InChI=1S/C16H31N3/c1-2-18-10-3-4-14(7-11-18)17-15-8-12-19(13-9-15)16-5-6-16/h14-17H,2-13H2,1H3. The number of piperidine rings is 1. The molecular formula is C16H31N3. The van der Waals surface area contributed by atoms with Gasteiger partial charge in [0.05, 0.1) is 0 Å². The molecule has 0 aromatic rings. The molecule has 3 aliphatic rings. The molecule has 1 unspecified atom stereocenters. The molecule has 110 valence electrons. The van der Waals surface area contributed by atoms with Crippen molar-refractivity contribution in [1.82, 2.24) is 15.1 Å². The first-order valence-electron chi connectivity index (χ1n) is 8.57. The van der Waals surface area contributed by atoms with Crippen LogP contribution in [0.25, 0.3) is 0 Å². The molecule has 3 rings (SSSR count). The van der Waals surface area contributed by atoms with Crippen molar-refractivity contribution in [2.75, 3.05) is 32.7 Å². The van der Waals surface area contributed by atoms with Crippen molar-refractivity contribution in [3.8, 4) is 0 Å². The molecule has 0 radical (unpaired) electrons. The van der Waals surface area contributed by atoms with Crippen LogP contribution in [0.3, 0.4) is 0 Å². The fraction of sp³-hybridized carbons (Fsp3) is 1.00. The summed E-state index contributed by atoms with van der Waals surface area (Å²) in [4.78, 5) is 5.33. The van der Waals surface area contributed by atoms with Crippen molar-refractivity contribution in [2.24, 2.45) is 0 Å². The van der Waals surface area contributed by atoms with Gasteiger partial charge in [-0.25, -0.2) is 0 Å². The molecule has 2 saturated heterocycles. The summed E-state index contributed by atoms with van der Waals surface area (Å²) < 4.78 is 0. The first-order chi connectivity index (χ1) is 9.35. The van der Waals surface area contributed by atoms with Gasteiger partial charge in [-0.1, -0.05) is 6.92 Å². The van der Waals surface area contributed by atoms with Gasteiger partial charge in [-0.2, -0.15) is 0 Å². The van der Waals surface area contributed by atoms with Crippen molar-refractivity contribution in [2.45, 2.75) is 70.0 Å². The minimum Gasteiger partial charge on any atom is -0.311 e. The summed E-state index contributed by atoms with van der Waals surface area (Å²) in [5, 5.41) is 3.97. The third-order valence-electron chi connectivity index (χ3n) is 5.33. The Bertz CT molecular complexity index is 269. The number of nitrogens with one attached hydrogen (secondary N) is 1. The molecule has 3 heteroatoms. The molecule has 0 spiro atoms. The summed E-state index contributed by atoms with van der Waals surface area (Å²) in [6.07, 6.45) is 9.82. The quantitative estimate of drug-likeness (QED) is 0.839. The van der Waals surface area contributed by atoms with Crippen LogP contribution >= 0.6 is 0 Å². The Kier molecular flexibility index (Phi) is 4.78. The van der Waals surface area contributed by atoms with E-state index in [4.69, 9.17) is 0 Å². The smallest absolute Gasteiger partial charge is 0.00964 e. The Balaban J connectivity index is 1.39. The van der Waals surface area contributed by atoms with Gasteiger partial charge in [-0.3, -0.25) is 0 Å². The normalized spacial score (nSPS) is 32.4. The maximum absolute atomic E-state index is 3.97. The van der Waals surface area contributed by atoms with Crippen molar-refractivity contribution in [3.05, 3.63) is 0 Å². The lowest BCUT2D eigenvalue weighted by Gasteiger charge is -2.34. The fourth-order valence-electron chi connectivity index (χ4n) is 3.84. The van der Waals surface area contributed by atoms with E-state index in [2.05, 4.69) is 22.0 Å². The lowest BCUT2D eigenvalue weighted by Crippen LogP contribution is -2.47. The first-order valence-corrected chi connectivity index (χ1v) is 8.57. The third-order valence-corrected chi connectivity index (χ3v) is 5.33. The van der Waals surface area contributed by atoms with E-state index in [1.54, 1.807) is 0 Å². The van der Waals surface area contributed by atoms with Crippen molar-refractivity contribution in [1.29, 1.82) is 0 Å². The van der Waals surface area contributed by atoms with Crippen molar-refractivity contribution in [3.63, 3.8) is 0 Å². The monoisotopic (exact) mass is 265 g/mol. The van der Waals surface area contributed by atoms with Crippen LogP contribution in [0.1, 0.15) is 51.9 Å².